The zero-order valence-electron chi connectivity index (χ0n) is 5.39. The van der Waals surface area contributed by atoms with Crippen LogP contribution in [-0.4, -0.2) is 65.9 Å². The molecule has 1 atom stereocenters. The first kappa shape index (κ1) is 12.4. The van der Waals surface area contributed by atoms with E-state index in [-0.39, 0.29) is 51.4 Å². The Morgan fingerprint density at radius 1 is 1.62 bits per heavy atom. The number of unbranched alkanes of at least 4 members (excludes halogenated alkanes) is 1. The van der Waals surface area contributed by atoms with Gasteiger partial charge in [-0.3, -0.25) is 0 Å². The van der Waals surface area contributed by atoms with Crippen LogP contribution in [0.1, 0.15) is 19.8 Å². The van der Waals surface area contributed by atoms with Gasteiger partial charge in [0.2, 0.25) is 0 Å². The fourth-order valence-electron chi connectivity index (χ4n) is 0.268. The van der Waals surface area contributed by atoms with Gasteiger partial charge in [-0.15, -0.1) is 0 Å². The number of hydrogen-bond donors (Lipinski definition) is 1. The summed E-state index contributed by atoms with van der Waals surface area (Å²) in [5.74, 6) is 0.427. The summed E-state index contributed by atoms with van der Waals surface area (Å²) in [5.41, 5.74) is 0. The first-order valence-electron chi connectivity index (χ1n) is 2.35. The normalized spacial score (nSPS) is 12.2. The van der Waals surface area contributed by atoms with Gasteiger partial charge in [-0.1, -0.05) is 13.3 Å². The summed E-state index contributed by atoms with van der Waals surface area (Å²) in [6.07, 6.45) is 1.84. The minimum atomic E-state index is -1.57. The van der Waals surface area contributed by atoms with Crippen LogP contribution in [0.2, 0.25) is 0 Å². The van der Waals surface area contributed by atoms with Crippen LogP contribution in [-0.2, 0) is 11.1 Å². The molecular weight excluding hydrogens is 151 g/mol. The Hall–Kier alpha value is 1.75. The van der Waals surface area contributed by atoms with Gasteiger partial charge >= 0.3 is 0 Å². The van der Waals surface area contributed by atoms with E-state index in [1.807, 2.05) is 6.92 Å². The molecule has 0 aliphatic carbocycles. The molecule has 1 radical (unpaired) electrons. The van der Waals surface area contributed by atoms with Crippen molar-refractivity contribution in [1.29, 1.82) is 0 Å². The molecule has 0 aromatic heterocycles. The van der Waals surface area contributed by atoms with Gasteiger partial charge in [0.25, 0.3) is 0 Å². The Kier molecular flexibility index (Phi) is 13.6. The smallest absolute Gasteiger partial charge is 0.152 e. The van der Waals surface area contributed by atoms with Crippen molar-refractivity contribution in [2.24, 2.45) is 0 Å². The van der Waals surface area contributed by atoms with Gasteiger partial charge in [-0.05, 0) is 6.42 Å². The van der Waals surface area contributed by atoms with Crippen molar-refractivity contribution in [1.82, 2.24) is 0 Å². The second-order valence-electron chi connectivity index (χ2n) is 1.38. The minimum absolute atomic E-state index is 0. The van der Waals surface area contributed by atoms with Crippen molar-refractivity contribution < 1.29 is 8.76 Å². The van der Waals surface area contributed by atoms with E-state index in [4.69, 9.17) is 4.55 Å². The molecule has 0 saturated carbocycles. The fraction of sp³-hybridized carbons (Fsp3) is 1.00. The molecule has 0 heterocycles. The molecule has 2 nitrogen and oxygen atoms in total. The van der Waals surface area contributed by atoms with E-state index in [1.54, 1.807) is 0 Å². The molecule has 0 saturated heterocycles. The third-order valence-corrected chi connectivity index (χ3v) is 1.31. The van der Waals surface area contributed by atoms with Crippen molar-refractivity contribution >= 4 is 62.5 Å². The summed E-state index contributed by atoms with van der Waals surface area (Å²) in [5, 5.41) is 0. The Balaban J connectivity index is 0. The van der Waals surface area contributed by atoms with Gasteiger partial charge in [0.15, 0.2) is 11.1 Å². The summed E-state index contributed by atoms with van der Waals surface area (Å²) >= 11 is -1.57. The maximum absolute atomic E-state index is 9.87. The van der Waals surface area contributed by atoms with Gasteiger partial charge in [0, 0.05) is 57.1 Å². The van der Waals surface area contributed by atoms with E-state index in [9.17, 15) is 4.21 Å². The van der Waals surface area contributed by atoms with Gasteiger partial charge in [-0.2, -0.15) is 0 Å². The van der Waals surface area contributed by atoms with E-state index in [1.165, 1.54) is 0 Å². The van der Waals surface area contributed by atoms with Gasteiger partial charge in [-0.25, -0.2) is 4.21 Å². The molecule has 1 unspecified atom stereocenters. The first-order valence-corrected chi connectivity index (χ1v) is 3.62. The summed E-state index contributed by atoms with van der Waals surface area (Å²) in [4.78, 5) is 0. The summed E-state index contributed by atoms with van der Waals surface area (Å²) in [6.45, 7) is 1.99. The van der Waals surface area contributed by atoms with Crippen molar-refractivity contribution in [3.63, 3.8) is 0 Å². The predicted octanol–water partition coefficient (Wildman–Crippen LogP) is 0.627. The van der Waals surface area contributed by atoms with Gasteiger partial charge in [0.1, 0.15) is 0 Å². The zero-order valence-corrected chi connectivity index (χ0v) is 9.32. The quantitative estimate of drug-likeness (QED) is 0.487. The molecule has 45 valence electrons. The Morgan fingerprint density at radius 2 is 2.12 bits per heavy atom. The summed E-state index contributed by atoms with van der Waals surface area (Å²) in [6, 6.07) is 0. The molecule has 0 aliphatic heterocycles. The molecule has 0 fully saturated rings. The zero-order chi connectivity index (χ0) is 5.70. The van der Waals surface area contributed by atoms with E-state index in [0.717, 1.165) is 12.8 Å². The largest absolute Gasteiger partial charge is 0.306 e. The van der Waals surface area contributed by atoms with Crippen LogP contribution in [0.25, 0.3) is 0 Å². The fourth-order valence-corrected chi connectivity index (χ4v) is 0.803. The Labute approximate surface area is 95.1 Å². The summed E-state index contributed by atoms with van der Waals surface area (Å²) < 4.78 is 18.0. The second-order valence-corrected chi connectivity index (χ2v) is 2.43. The molecule has 0 amide bonds. The molecule has 0 aliphatic rings. The van der Waals surface area contributed by atoms with Crippen LogP contribution in [0.15, 0.2) is 0 Å². The molecule has 8 heavy (non-hydrogen) atoms. The molecule has 0 bridgehead atoms. The Morgan fingerprint density at radius 3 is 2.25 bits per heavy atom. The first-order chi connectivity index (χ1) is 3.27. The molecule has 0 aromatic carbocycles. The molecule has 0 aromatic rings. The third-order valence-electron chi connectivity index (χ3n) is 0.673. The summed E-state index contributed by atoms with van der Waals surface area (Å²) in [7, 11) is 0. The number of hydrogen-bond acceptors (Lipinski definition) is 1. The van der Waals surface area contributed by atoms with E-state index in [2.05, 4.69) is 0 Å². The molecule has 0 rings (SSSR count). The maximum atomic E-state index is 9.87. The van der Waals surface area contributed by atoms with E-state index < -0.39 is 11.1 Å². The minimum Gasteiger partial charge on any atom is -0.306 e. The van der Waals surface area contributed by atoms with Crippen molar-refractivity contribution in [3.8, 4) is 0 Å². The molecule has 1 N–H and O–H groups in total. The standard InChI is InChI=1S/C4H10O2S.K/c1-2-3-4-7(5)6;/h2-4H2,1H3,(H,5,6);. The predicted molar refractivity (Wildman–Crippen MR) is 36.3 cm³/mol. The van der Waals surface area contributed by atoms with Crippen molar-refractivity contribution in [3.05, 3.63) is 0 Å². The van der Waals surface area contributed by atoms with Crippen molar-refractivity contribution in [2.75, 3.05) is 5.75 Å². The second kappa shape index (κ2) is 8.75. The average Bonchev–Trinajstić information content (AvgIpc) is 1.61. The van der Waals surface area contributed by atoms with Crippen LogP contribution in [0.3, 0.4) is 0 Å². The maximum Gasteiger partial charge on any atom is 0.152 e. The monoisotopic (exact) mass is 161 g/mol. The van der Waals surface area contributed by atoms with Crippen LogP contribution in [0.5, 0.6) is 0 Å². The van der Waals surface area contributed by atoms with Gasteiger partial charge in [0.05, 0.1) is 0 Å². The van der Waals surface area contributed by atoms with Crippen LogP contribution >= 0.6 is 0 Å². The number of rotatable bonds is 3. The van der Waals surface area contributed by atoms with Crippen LogP contribution in [0, 0.1) is 0 Å². The van der Waals surface area contributed by atoms with Crippen LogP contribution < -0.4 is 0 Å². The molecular formula is C4H10KO2S. The van der Waals surface area contributed by atoms with Crippen molar-refractivity contribution in [2.45, 2.75) is 19.8 Å². The van der Waals surface area contributed by atoms with Gasteiger partial charge < -0.3 is 4.55 Å². The SMILES string of the molecule is CCCCS(=O)O.[K]. The van der Waals surface area contributed by atoms with E-state index in [0.29, 0.717) is 5.75 Å². The van der Waals surface area contributed by atoms with E-state index >= 15 is 0 Å². The average molecular weight is 161 g/mol. The van der Waals surface area contributed by atoms with Crippen LogP contribution in [0.4, 0.5) is 0 Å². The molecule has 0 spiro atoms. The Bertz CT molecular complexity index is 67.1. The third kappa shape index (κ3) is 10.7. The molecule has 4 heteroatoms. The topological polar surface area (TPSA) is 37.3 Å².